The van der Waals surface area contributed by atoms with Crippen LogP contribution in [0.3, 0.4) is 0 Å². The Labute approximate surface area is 170 Å². The highest BCUT2D eigenvalue weighted by atomic mass is 16.2. The maximum Gasteiger partial charge on any atom is 0.279 e. The first-order valence-corrected chi connectivity index (χ1v) is 10.5. The third-order valence-corrected chi connectivity index (χ3v) is 5.39. The molecular formula is C22H38N3O3+. The number of rotatable bonds is 9. The molecule has 1 rings (SSSR count). The molecule has 2 amide bonds. The van der Waals surface area contributed by atoms with Gasteiger partial charge in [-0.15, -0.1) is 0 Å². The quantitative estimate of drug-likeness (QED) is 0.360. The zero-order valence-corrected chi connectivity index (χ0v) is 18.3. The zero-order valence-electron chi connectivity index (χ0n) is 18.3. The number of amides is 2. The van der Waals surface area contributed by atoms with Gasteiger partial charge in [-0.1, -0.05) is 13.0 Å². The van der Waals surface area contributed by atoms with Crippen molar-refractivity contribution in [2.45, 2.75) is 66.7 Å². The summed E-state index contributed by atoms with van der Waals surface area (Å²) in [6.45, 7) is 12.1. The Morgan fingerprint density at radius 3 is 2.07 bits per heavy atom. The van der Waals surface area contributed by atoms with Crippen LogP contribution in [0.1, 0.15) is 66.7 Å². The Kier molecular flexibility index (Phi) is 10.1. The molecule has 0 saturated carbocycles. The molecule has 0 atom stereocenters. The SMILES string of the molecule is C/C=C(C)\C(NC(=O)C[N+]1(CC(C)=O)CCCCCC1)=C(/C)C(=O)NCCC. The lowest BCUT2D eigenvalue weighted by atomic mass is 10.1. The van der Waals surface area contributed by atoms with E-state index in [2.05, 4.69) is 10.6 Å². The average Bonchev–Trinajstić information content (AvgIpc) is 2.87. The molecule has 0 aromatic heterocycles. The lowest BCUT2D eigenvalue weighted by Gasteiger charge is -2.36. The van der Waals surface area contributed by atoms with E-state index >= 15 is 0 Å². The van der Waals surface area contributed by atoms with Crippen LogP contribution in [0.4, 0.5) is 0 Å². The summed E-state index contributed by atoms with van der Waals surface area (Å²) in [6, 6.07) is 0. The van der Waals surface area contributed by atoms with Gasteiger partial charge in [-0.25, -0.2) is 0 Å². The summed E-state index contributed by atoms with van der Waals surface area (Å²) in [6.07, 6.45) is 7.12. The molecule has 1 saturated heterocycles. The average molecular weight is 393 g/mol. The van der Waals surface area contributed by atoms with Crippen LogP contribution in [0.5, 0.6) is 0 Å². The van der Waals surface area contributed by atoms with Crippen LogP contribution in [0.25, 0.3) is 0 Å². The molecule has 0 aliphatic carbocycles. The number of quaternary nitrogens is 1. The predicted molar refractivity (Wildman–Crippen MR) is 112 cm³/mol. The van der Waals surface area contributed by atoms with Gasteiger partial charge in [0, 0.05) is 19.0 Å². The number of allylic oxidation sites excluding steroid dienone is 2. The molecule has 0 radical (unpaired) electrons. The predicted octanol–water partition coefficient (Wildman–Crippen LogP) is 2.85. The van der Waals surface area contributed by atoms with Crippen LogP contribution < -0.4 is 10.6 Å². The highest BCUT2D eigenvalue weighted by Crippen LogP contribution is 2.19. The monoisotopic (exact) mass is 392 g/mol. The number of carbonyl (C=O) groups excluding carboxylic acids is 3. The minimum Gasteiger partial charge on any atom is -0.352 e. The van der Waals surface area contributed by atoms with Gasteiger partial charge < -0.3 is 15.1 Å². The standard InChI is InChI=1S/C22H37N3O3/c1-6-12-23-22(28)19(5)21(17(3)7-2)24-20(27)16-25(15-18(4)26)13-10-8-9-11-14-25/h7H,6,8-16H2,1-5H3,(H-,23,24,27,28)/p+1/b17-7-. The first kappa shape index (κ1) is 24.1. The Hall–Kier alpha value is -1.95. The van der Waals surface area contributed by atoms with Gasteiger partial charge >= 0.3 is 0 Å². The molecule has 1 aliphatic heterocycles. The van der Waals surface area contributed by atoms with E-state index in [0.29, 0.717) is 28.8 Å². The van der Waals surface area contributed by atoms with Crippen molar-refractivity contribution in [2.24, 2.45) is 0 Å². The van der Waals surface area contributed by atoms with Crippen molar-refractivity contribution in [3.8, 4) is 0 Å². The molecule has 2 N–H and O–H groups in total. The highest BCUT2D eigenvalue weighted by molar-refractivity contribution is 5.95. The molecule has 0 aromatic rings. The van der Waals surface area contributed by atoms with Crippen molar-refractivity contribution >= 4 is 17.6 Å². The van der Waals surface area contributed by atoms with E-state index in [4.69, 9.17) is 0 Å². The highest BCUT2D eigenvalue weighted by Gasteiger charge is 2.33. The Morgan fingerprint density at radius 1 is 0.964 bits per heavy atom. The summed E-state index contributed by atoms with van der Waals surface area (Å²) >= 11 is 0. The molecule has 1 fully saturated rings. The maximum absolute atomic E-state index is 13.0. The van der Waals surface area contributed by atoms with Crippen molar-refractivity contribution < 1.29 is 18.9 Å². The van der Waals surface area contributed by atoms with Gasteiger partial charge in [-0.05, 0) is 58.4 Å². The van der Waals surface area contributed by atoms with Crippen molar-refractivity contribution in [2.75, 3.05) is 32.7 Å². The van der Waals surface area contributed by atoms with E-state index < -0.39 is 0 Å². The lowest BCUT2D eigenvalue weighted by molar-refractivity contribution is -0.912. The van der Waals surface area contributed by atoms with Crippen molar-refractivity contribution in [3.63, 3.8) is 0 Å². The molecule has 0 spiro atoms. The molecule has 28 heavy (non-hydrogen) atoms. The number of hydrogen-bond donors (Lipinski definition) is 2. The molecular weight excluding hydrogens is 354 g/mol. The van der Waals surface area contributed by atoms with Gasteiger partial charge in [0.15, 0.2) is 12.3 Å². The molecule has 158 valence electrons. The summed E-state index contributed by atoms with van der Waals surface area (Å²) in [7, 11) is 0. The fraction of sp³-hybridized carbons (Fsp3) is 0.682. The minimum absolute atomic E-state index is 0.116. The minimum atomic E-state index is -0.166. The van der Waals surface area contributed by atoms with Gasteiger partial charge in [0.2, 0.25) is 5.91 Å². The number of nitrogens with zero attached hydrogens (tertiary/aromatic N) is 1. The van der Waals surface area contributed by atoms with E-state index in [1.807, 2.05) is 26.8 Å². The molecule has 0 bridgehead atoms. The first-order chi connectivity index (χ1) is 13.2. The van der Waals surface area contributed by atoms with Crippen LogP contribution in [0, 0.1) is 0 Å². The fourth-order valence-corrected chi connectivity index (χ4v) is 3.80. The molecule has 1 aliphatic rings. The number of hydrogen-bond acceptors (Lipinski definition) is 3. The van der Waals surface area contributed by atoms with Gasteiger partial charge in [-0.2, -0.15) is 0 Å². The van der Waals surface area contributed by atoms with E-state index in [-0.39, 0.29) is 24.1 Å². The third kappa shape index (κ3) is 7.58. The smallest absolute Gasteiger partial charge is 0.279 e. The summed E-state index contributed by atoms with van der Waals surface area (Å²) < 4.78 is 0.518. The normalized spacial score (nSPS) is 18.0. The number of ketones is 1. The van der Waals surface area contributed by atoms with Crippen molar-refractivity contribution in [1.29, 1.82) is 0 Å². The summed E-state index contributed by atoms with van der Waals surface area (Å²) in [5, 5.41) is 5.84. The fourth-order valence-electron chi connectivity index (χ4n) is 3.80. The zero-order chi connectivity index (χ0) is 21.2. The second kappa shape index (κ2) is 11.8. The molecule has 0 unspecified atom stereocenters. The largest absolute Gasteiger partial charge is 0.352 e. The molecule has 6 heteroatoms. The second-order valence-corrected chi connectivity index (χ2v) is 8.00. The summed E-state index contributed by atoms with van der Waals surface area (Å²) in [5.41, 5.74) is 1.93. The van der Waals surface area contributed by atoms with Crippen LogP contribution in [0.15, 0.2) is 22.9 Å². The Balaban J connectivity index is 3.02. The van der Waals surface area contributed by atoms with Crippen LogP contribution >= 0.6 is 0 Å². The van der Waals surface area contributed by atoms with Crippen molar-refractivity contribution in [3.05, 3.63) is 22.9 Å². The van der Waals surface area contributed by atoms with Crippen molar-refractivity contribution in [1.82, 2.24) is 10.6 Å². The summed E-state index contributed by atoms with van der Waals surface area (Å²) in [4.78, 5) is 37.2. The maximum atomic E-state index is 13.0. The Bertz CT molecular complexity index is 627. The Morgan fingerprint density at radius 2 is 1.57 bits per heavy atom. The molecule has 1 heterocycles. The van der Waals surface area contributed by atoms with Gasteiger partial charge in [0.1, 0.15) is 6.54 Å². The number of carbonyl (C=O) groups is 3. The van der Waals surface area contributed by atoms with E-state index in [1.165, 1.54) is 0 Å². The number of likely N-dealkylation sites (tertiary alicyclic amines) is 1. The second-order valence-electron chi connectivity index (χ2n) is 8.00. The van der Waals surface area contributed by atoms with Gasteiger partial charge in [0.05, 0.1) is 18.8 Å². The number of nitrogens with one attached hydrogen (secondary N) is 2. The first-order valence-electron chi connectivity index (χ1n) is 10.5. The van der Waals surface area contributed by atoms with Crippen LogP contribution in [-0.2, 0) is 14.4 Å². The van der Waals surface area contributed by atoms with E-state index in [9.17, 15) is 14.4 Å². The molecule has 0 aromatic carbocycles. The van der Waals surface area contributed by atoms with Gasteiger partial charge in [0.25, 0.3) is 5.91 Å². The van der Waals surface area contributed by atoms with Crippen LogP contribution in [-0.4, -0.2) is 54.8 Å². The summed E-state index contributed by atoms with van der Waals surface area (Å²) in [5.74, 6) is -0.187. The number of Topliss-reactive ketones (excluding diaryl/α,β-unsaturated/α-hetero) is 1. The van der Waals surface area contributed by atoms with E-state index in [0.717, 1.165) is 50.8 Å². The molecule has 6 nitrogen and oxygen atoms in total. The van der Waals surface area contributed by atoms with Crippen LogP contribution in [0.2, 0.25) is 0 Å². The third-order valence-electron chi connectivity index (χ3n) is 5.39. The topological polar surface area (TPSA) is 75.3 Å². The van der Waals surface area contributed by atoms with E-state index in [1.54, 1.807) is 13.8 Å². The lowest BCUT2D eigenvalue weighted by Crippen LogP contribution is -2.56. The van der Waals surface area contributed by atoms with Gasteiger partial charge in [-0.3, -0.25) is 14.4 Å².